The van der Waals surface area contributed by atoms with Gasteiger partial charge in [-0.15, -0.1) is 0 Å². The summed E-state index contributed by atoms with van der Waals surface area (Å²) in [5.74, 6) is 1.38. The Kier molecular flexibility index (Phi) is 5.38. The van der Waals surface area contributed by atoms with Crippen LogP contribution in [0.4, 0.5) is 23.1 Å². The summed E-state index contributed by atoms with van der Waals surface area (Å²) in [4.78, 5) is 10.8. The Morgan fingerprint density at radius 3 is 2.81 bits per heavy atom. The molecule has 112 valence electrons. The fraction of sp³-hybridized carbons (Fsp3) is 0.333. The third-order valence-corrected chi connectivity index (χ3v) is 3.48. The van der Waals surface area contributed by atoms with Gasteiger partial charge in [-0.05, 0) is 40.5 Å². The lowest BCUT2D eigenvalue weighted by Crippen LogP contribution is -2.09. The second-order valence-electron chi connectivity index (χ2n) is 4.89. The highest BCUT2D eigenvalue weighted by molar-refractivity contribution is 9.10. The van der Waals surface area contributed by atoms with Gasteiger partial charge in [0.1, 0.15) is 5.82 Å². The number of nitrogens with one attached hydrogen (secondary N) is 2. The van der Waals surface area contributed by atoms with Crippen LogP contribution < -0.4 is 15.5 Å². The summed E-state index contributed by atoms with van der Waals surface area (Å²) in [6.07, 6.45) is 2.79. The van der Waals surface area contributed by atoms with Gasteiger partial charge in [-0.3, -0.25) is 0 Å². The predicted molar refractivity (Wildman–Crippen MR) is 92.6 cm³/mol. The zero-order valence-electron chi connectivity index (χ0n) is 12.5. The molecule has 0 spiro atoms. The van der Waals surface area contributed by atoms with Gasteiger partial charge in [0.05, 0.1) is 4.47 Å². The van der Waals surface area contributed by atoms with Crippen LogP contribution in [0.15, 0.2) is 34.9 Å². The number of hydrogen-bond donors (Lipinski definition) is 2. The van der Waals surface area contributed by atoms with Gasteiger partial charge in [0.15, 0.2) is 0 Å². The summed E-state index contributed by atoms with van der Waals surface area (Å²) in [5, 5.41) is 6.51. The smallest absolute Gasteiger partial charge is 0.224 e. The molecule has 0 amide bonds. The Balaban J connectivity index is 2.20. The van der Waals surface area contributed by atoms with Gasteiger partial charge in [0.2, 0.25) is 5.95 Å². The molecule has 2 rings (SSSR count). The molecule has 0 fully saturated rings. The molecule has 1 heterocycles. The summed E-state index contributed by atoms with van der Waals surface area (Å²) in [5.41, 5.74) is 2.12. The van der Waals surface area contributed by atoms with Crippen molar-refractivity contribution in [3.05, 3.63) is 34.9 Å². The minimum absolute atomic E-state index is 0.631. The van der Waals surface area contributed by atoms with Gasteiger partial charge in [-0.1, -0.05) is 13.0 Å². The van der Waals surface area contributed by atoms with E-state index in [9.17, 15) is 0 Å². The molecule has 0 unspecified atom stereocenters. The van der Waals surface area contributed by atoms with Gasteiger partial charge < -0.3 is 15.5 Å². The van der Waals surface area contributed by atoms with Crippen LogP contribution in [0, 0.1) is 0 Å². The van der Waals surface area contributed by atoms with E-state index in [1.54, 1.807) is 6.20 Å². The topological polar surface area (TPSA) is 53.1 Å². The monoisotopic (exact) mass is 349 g/mol. The molecule has 0 bridgehead atoms. The van der Waals surface area contributed by atoms with E-state index in [0.29, 0.717) is 5.95 Å². The maximum Gasteiger partial charge on any atom is 0.224 e. The summed E-state index contributed by atoms with van der Waals surface area (Å²) in [6, 6.07) is 8.17. The highest BCUT2D eigenvalue weighted by Crippen LogP contribution is 2.26. The Hall–Kier alpha value is -1.82. The Morgan fingerprint density at radius 1 is 1.29 bits per heavy atom. The standard InChI is InChI=1S/C15H20BrN5/c1-4-8-17-15-18-10-13(16)14(20-15)19-11-6-5-7-12(9-11)21(2)3/h5-7,9-10H,4,8H2,1-3H3,(H2,17,18,19,20). The van der Waals surface area contributed by atoms with Crippen molar-refractivity contribution >= 4 is 39.1 Å². The van der Waals surface area contributed by atoms with Crippen LogP contribution in [0.2, 0.25) is 0 Å². The van der Waals surface area contributed by atoms with Crippen molar-refractivity contribution in [3.8, 4) is 0 Å². The van der Waals surface area contributed by atoms with Gasteiger partial charge in [0, 0.05) is 38.2 Å². The SMILES string of the molecule is CCCNc1ncc(Br)c(Nc2cccc(N(C)C)c2)n1. The highest BCUT2D eigenvalue weighted by atomic mass is 79.9. The second-order valence-corrected chi connectivity index (χ2v) is 5.74. The normalized spacial score (nSPS) is 10.3. The van der Waals surface area contributed by atoms with E-state index >= 15 is 0 Å². The minimum atomic E-state index is 0.631. The average Bonchev–Trinajstić information content (AvgIpc) is 2.48. The molecule has 0 aliphatic rings. The second kappa shape index (κ2) is 7.26. The molecule has 0 atom stereocenters. The Labute approximate surface area is 133 Å². The van der Waals surface area contributed by atoms with Crippen LogP contribution in [-0.2, 0) is 0 Å². The van der Waals surface area contributed by atoms with Crippen LogP contribution in [0.5, 0.6) is 0 Å². The first kappa shape index (κ1) is 15.6. The van der Waals surface area contributed by atoms with E-state index in [1.807, 2.05) is 26.2 Å². The van der Waals surface area contributed by atoms with Gasteiger partial charge in [-0.2, -0.15) is 4.98 Å². The van der Waals surface area contributed by atoms with Crippen molar-refractivity contribution in [1.29, 1.82) is 0 Å². The number of halogens is 1. The lowest BCUT2D eigenvalue weighted by Gasteiger charge is -2.15. The fourth-order valence-corrected chi connectivity index (χ4v) is 2.07. The van der Waals surface area contributed by atoms with Crippen LogP contribution in [0.3, 0.4) is 0 Å². The van der Waals surface area contributed by atoms with E-state index in [4.69, 9.17) is 0 Å². The number of rotatable bonds is 6. The summed E-state index contributed by atoms with van der Waals surface area (Å²) >= 11 is 3.48. The first-order valence-electron chi connectivity index (χ1n) is 6.91. The molecule has 2 N–H and O–H groups in total. The maximum atomic E-state index is 4.49. The molecule has 0 radical (unpaired) electrons. The van der Waals surface area contributed by atoms with Crippen LogP contribution in [-0.4, -0.2) is 30.6 Å². The molecule has 5 nitrogen and oxygen atoms in total. The molecule has 0 saturated carbocycles. The van der Waals surface area contributed by atoms with Crippen molar-refractivity contribution in [2.75, 3.05) is 36.2 Å². The molecule has 2 aromatic rings. The Morgan fingerprint density at radius 2 is 2.10 bits per heavy atom. The third-order valence-electron chi connectivity index (χ3n) is 2.90. The van der Waals surface area contributed by atoms with Crippen molar-refractivity contribution in [2.24, 2.45) is 0 Å². The molecular formula is C15H20BrN5. The predicted octanol–water partition coefficient (Wildman–Crippen LogP) is 3.87. The average molecular weight is 350 g/mol. The van der Waals surface area contributed by atoms with Crippen molar-refractivity contribution in [2.45, 2.75) is 13.3 Å². The van der Waals surface area contributed by atoms with E-state index in [1.165, 1.54) is 0 Å². The van der Waals surface area contributed by atoms with E-state index in [2.05, 4.69) is 60.5 Å². The van der Waals surface area contributed by atoms with Crippen molar-refractivity contribution < 1.29 is 0 Å². The summed E-state index contributed by atoms with van der Waals surface area (Å²) in [7, 11) is 4.04. The van der Waals surface area contributed by atoms with E-state index in [-0.39, 0.29) is 0 Å². The molecule has 1 aromatic carbocycles. The number of hydrogen-bond acceptors (Lipinski definition) is 5. The van der Waals surface area contributed by atoms with Crippen LogP contribution >= 0.6 is 15.9 Å². The first-order chi connectivity index (χ1) is 10.1. The lowest BCUT2D eigenvalue weighted by atomic mass is 10.2. The van der Waals surface area contributed by atoms with Crippen molar-refractivity contribution in [1.82, 2.24) is 9.97 Å². The first-order valence-corrected chi connectivity index (χ1v) is 7.70. The number of aromatic nitrogens is 2. The number of nitrogens with zero attached hydrogens (tertiary/aromatic N) is 3. The zero-order valence-corrected chi connectivity index (χ0v) is 14.1. The van der Waals surface area contributed by atoms with Crippen LogP contribution in [0.25, 0.3) is 0 Å². The third kappa shape index (κ3) is 4.32. The maximum absolute atomic E-state index is 4.49. The Bertz CT molecular complexity index is 600. The number of anilines is 4. The molecule has 0 aliphatic carbocycles. The zero-order chi connectivity index (χ0) is 15.2. The lowest BCUT2D eigenvalue weighted by molar-refractivity contribution is 0.952. The largest absolute Gasteiger partial charge is 0.378 e. The fourth-order valence-electron chi connectivity index (χ4n) is 1.78. The molecule has 0 saturated heterocycles. The minimum Gasteiger partial charge on any atom is -0.378 e. The molecule has 1 aromatic heterocycles. The summed E-state index contributed by atoms with van der Waals surface area (Å²) < 4.78 is 0.833. The van der Waals surface area contributed by atoms with E-state index in [0.717, 1.165) is 34.6 Å². The van der Waals surface area contributed by atoms with Crippen LogP contribution in [0.1, 0.15) is 13.3 Å². The molecule has 0 aliphatic heterocycles. The van der Waals surface area contributed by atoms with E-state index < -0.39 is 0 Å². The molecule has 21 heavy (non-hydrogen) atoms. The summed E-state index contributed by atoms with van der Waals surface area (Å²) in [6.45, 7) is 2.97. The highest BCUT2D eigenvalue weighted by Gasteiger charge is 2.06. The van der Waals surface area contributed by atoms with Gasteiger partial charge >= 0.3 is 0 Å². The van der Waals surface area contributed by atoms with Gasteiger partial charge in [0.25, 0.3) is 0 Å². The number of benzene rings is 1. The van der Waals surface area contributed by atoms with Gasteiger partial charge in [-0.25, -0.2) is 4.98 Å². The molecule has 6 heteroatoms. The molecular weight excluding hydrogens is 330 g/mol. The van der Waals surface area contributed by atoms with Crippen molar-refractivity contribution in [3.63, 3.8) is 0 Å². The quantitative estimate of drug-likeness (QED) is 0.828.